The van der Waals surface area contributed by atoms with Crippen molar-refractivity contribution in [1.29, 1.82) is 0 Å². The first-order chi connectivity index (χ1) is 12.5. The van der Waals surface area contributed by atoms with E-state index in [4.69, 9.17) is 0 Å². The lowest BCUT2D eigenvalue weighted by Gasteiger charge is -2.16. The molecule has 0 aliphatic carbocycles. The number of hydrogen-bond donors (Lipinski definition) is 1. The molecule has 0 fully saturated rings. The van der Waals surface area contributed by atoms with E-state index in [9.17, 15) is 14.4 Å². The number of benzene rings is 1. The molecule has 1 aromatic carbocycles. The number of rotatable bonds is 5. The zero-order valence-corrected chi connectivity index (χ0v) is 14.7. The topological polar surface area (TPSA) is 86.0 Å². The lowest BCUT2D eigenvalue weighted by atomic mass is 10.1. The Morgan fingerprint density at radius 2 is 1.77 bits per heavy atom. The Morgan fingerprint density at radius 1 is 1.08 bits per heavy atom. The number of amides is 1. The van der Waals surface area contributed by atoms with E-state index >= 15 is 0 Å². The molecule has 0 saturated carbocycles. The summed E-state index contributed by atoms with van der Waals surface area (Å²) < 4.78 is 2.50. The molecule has 0 saturated heterocycles. The van der Waals surface area contributed by atoms with Crippen LogP contribution in [0.25, 0.3) is 11.2 Å². The van der Waals surface area contributed by atoms with Crippen molar-refractivity contribution in [3.63, 3.8) is 0 Å². The fraction of sp³-hybridized carbons (Fsp3) is 0.263. The molecule has 3 rings (SSSR count). The number of pyridine rings is 1. The minimum Gasteiger partial charge on any atom is -0.348 e. The zero-order valence-electron chi connectivity index (χ0n) is 14.7. The van der Waals surface area contributed by atoms with Gasteiger partial charge < -0.3 is 5.32 Å². The molecule has 1 amide bonds. The van der Waals surface area contributed by atoms with Gasteiger partial charge in [-0.1, -0.05) is 30.3 Å². The van der Waals surface area contributed by atoms with Gasteiger partial charge in [-0.3, -0.25) is 23.5 Å². The lowest BCUT2D eigenvalue weighted by Crippen LogP contribution is -2.44. The summed E-state index contributed by atoms with van der Waals surface area (Å²) in [7, 11) is 0. The smallest absolute Gasteiger partial charge is 0.318 e. The molecule has 1 N–H and O–H groups in total. The normalized spacial score (nSPS) is 12.1. The summed E-state index contributed by atoms with van der Waals surface area (Å²) in [4.78, 5) is 41.5. The lowest BCUT2D eigenvalue weighted by molar-refractivity contribution is -0.122. The molecule has 0 bridgehead atoms. The third-order valence-electron chi connectivity index (χ3n) is 4.28. The zero-order chi connectivity index (χ0) is 18.7. The van der Waals surface area contributed by atoms with Gasteiger partial charge in [0, 0.05) is 12.7 Å². The quantitative estimate of drug-likeness (QED) is 0.704. The van der Waals surface area contributed by atoms with Crippen LogP contribution < -0.4 is 16.4 Å². The van der Waals surface area contributed by atoms with E-state index in [1.807, 2.05) is 37.3 Å². The van der Waals surface area contributed by atoms with E-state index in [-0.39, 0.29) is 18.5 Å². The highest BCUT2D eigenvalue weighted by molar-refractivity contribution is 5.79. The minimum absolute atomic E-state index is 0.209. The van der Waals surface area contributed by atoms with Crippen LogP contribution in [0.5, 0.6) is 0 Å². The van der Waals surface area contributed by atoms with Gasteiger partial charge in [0.2, 0.25) is 5.91 Å². The van der Waals surface area contributed by atoms with Crippen molar-refractivity contribution >= 4 is 17.1 Å². The average Bonchev–Trinajstić information content (AvgIpc) is 2.66. The van der Waals surface area contributed by atoms with Gasteiger partial charge in [-0.25, -0.2) is 4.98 Å². The highest BCUT2D eigenvalue weighted by Gasteiger charge is 2.16. The fourth-order valence-corrected chi connectivity index (χ4v) is 2.95. The predicted octanol–water partition coefficient (Wildman–Crippen LogP) is 1.46. The number of hydrogen-bond acceptors (Lipinski definition) is 4. The predicted molar refractivity (Wildman–Crippen MR) is 98.9 cm³/mol. The molecule has 1 atom stereocenters. The average molecular weight is 352 g/mol. The van der Waals surface area contributed by atoms with Gasteiger partial charge >= 0.3 is 11.1 Å². The molecule has 0 aliphatic heterocycles. The summed E-state index contributed by atoms with van der Waals surface area (Å²) in [6.45, 7) is 3.73. The van der Waals surface area contributed by atoms with Crippen LogP contribution in [0.3, 0.4) is 0 Å². The number of nitrogens with one attached hydrogen (secondary N) is 1. The summed E-state index contributed by atoms with van der Waals surface area (Å²) in [6.07, 6.45) is 1.56. The third kappa shape index (κ3) is 3.28. The first kappa shape index (κ1) is 17.6. The van der Waals surface area contributed by atoms with Crippen LogP contribution in [-0.2, 0) is 17.9 Å². The molecule has 2 aromatic heterocycles. The molecule has 2 heterocycles. The molecule has 26 heavy (non-hydrogen) atoms. The van der Waals surface area contributed by atoms with E-state index in [0.29, 0.717) is 17.7 Å². The van der Waals surface area contributed by atoms with Crippen molar-refractivity contribution in [1.82, 2.24) is 19.4 Å². The van der Waals surface area contributed by atoms with Crippen molar-refractivity contribution < 1.29 is 4.79 Å². The molecule has 0 radical (unpaired) electrons. The van der Waals surface area contributed by atoms with Gasteiger partial charge in [0.15, 0.2) is 5.65 Å². The fourth-order valence-electron chi connectivity index (χ4n) is 2.95. The van der Waals surface area contributed by atoms with Crippen molar-refractivity contribution in [2.45, 2.75) is 33.0 Å². The van der Waals surface area contributed by atoms with Crippen LogP contribution in [0, 0.1) is 0 Å². The Morgan fingerprint density at radius 3 is 2.46 bits per heavy atom. The third-order valence-corrected chi connectivity index (χ3v) is 4.28. The minimum atomic E-state index is -0.727. The number of carbonyl (C=O) groups excluding carboxylic acids is 1. The maximum Gasteiger partial charge on any atom is 0.318 e. The first-order valence-electron chi connectivity index (χ1n) is 8.45. The van der Waals surface area contributed by atoms with Gasteiger partial charge in [0.25, 0.3) is 0 Å². The molecule has 7 heteroatoms. The van der Waals surface area contributed by atoms with Gasteiger partial charge in [0.05, 0.1) is 11.6 Å². The summed E-state index contributed by atoms with van der Waals surface area (Å²) in [6, 6.07) is 12.7. The first-order valence-corrected chi connectivity index (χ1v) is 8.45. The van der Waals surface area contributed by atoms with Crippen molar-refractivity contribution in [2.75, 3.05) is 0 Å². The van der Waals surface area contributed by atoms with Crippen LogP contribution in [-0.4, -0.2) is 20.0 Å². The molecular weight excluding hydrogens is 332 g/mol. The maximum atomic E-state index is 12.5. The molecule has 7 nitrogen and oxygen atoms in total. The Labute approximate surface area is 149 Å². The number of fused-ring (bicyclic) bond motifs is 1. The molecular formula is C19H20N4O3. The standard InChI is InChI=1S/C19H20N4O3/c1-3-22-17-15(10-7-11-20-17)23(19(26)18(22)25)12-16(24)21-13(2)14-8-5-4-6-9-14/h4-11,13H,3,12H2,1-2H3,(H,21,24)/t13-/m1/s1. The Hall–Kier alpha value is -3.22. The molecule has 134 valence electrons. The highest BCUT2D eigenvalue weighted by atomic mass is 16.2. The van der Waals surface area contributed by atoms with Crippen LogP contribution in [0.4, 0.5) is 0 Å². The second kappa shape index (κ2) is 7.35. The van der Waals surface area contributed by atoms with E-state index in [1.165, 1.54) is 9.13 Å². The molecule has 0 unspecified atom stereocenters. The Balaban J connectivity index is 1.94. The molecule has 0 aliphatic rings. The Bertz CT molecular complexity index is 1050. The summed E-state index contributed by atoms with van der Waals surface area (Å²) in [5.41, 5.74) is 0.406. The van der Waals surface area contributed by atoms with Crippen LogP contribution >= 0.6 is 0 Å². The van der Waals surface area contributed by atoms with Crippen molar-refractivity contribution in [3.05, 3.63) is 74.9 Å². The number of aromatic nitrogens is 3. The number of aryl methyl sites for hydroxylation is 1. The van der Waals surface area contributed by atoms with Crippen molar-refractivity contribution in [3.8, 4) is 0 Å². The summed E-state index contributed by atoms with van der Waals surface area (Å²) >= 11 is 0. The van der Waals surface area contributed by atoms with E-state index in [2.05, 4.69) is 10.3 Å². The van der Waals surface area contributed by atoms with Crippen molar-refractivity contribution in [2.24, 2.45) is 0 Å². The maximum absolute atomic E-state index is 12.5. The van der Waals surface area contributed by atoms with E-state index < -0.39 is 11.1 Å². The molecule has 3 aromatic rings. The second-order valence-electron chi connectivity index (χ2n) is 5.99. The number of nitrogens with zero attached hydrogens (tertiary/aromatic N) is 3. The summed E-state index contributed by atoms with van der Waals surface area (Å²) in [5.74, 6) is -0.345. The SMILES string of the molecule is CCn1c(=O)c(=O)n(CC(=O)N[C@H](C)c2ccccc2)c2cccnc21. The van der Waals surface area contributed by atoms with Gasteiger partial charge in [0.1, 0.15) is 6.54 Å². The van der Waals surface area contributed by atoms with Crippen LogP contribution in [0.15, 0.2) is 58.3 Å². The van der Waals surface area contributed by atoms with E-state index in [0.717, 1.165) is 5.56 Å². The van der Waals surface area contributed by atoms with Crippen LogP contribution in [0.2, 0.25) is 0 Å². The molecule has 0 spiro atoms. The Kier molecular flexibility index (Phi) is 4.97. The van der Waals surface area contributed by atoms with E-state index in [1.54, 1.807) is 25.3 Å². The highest BCUT2D eigenvalue weighted by Crippen LogP contribution is 2.11. The monoisotopic (exact) mass is 352 g/mol. The second-order valence-corrected chi connectivity index (χ2v) is 5.99. The van der Waals surface area contributed by atoms with Gasteiger partial charge in [-0.05, 0) is 31.5 Å². The number of carbonyl (C=O) groups is 1. The van der Waals surface area contributed by atoms with Gasteiger partial charge in [-0.15, -0.1) is 0 Å². The van der Waals surface area contributed by atoms with Gasteiger partial charge in [-0.2, -0.15) is 0 Å². The largest absolute Gasteiger partial charge is 0.348 e. The summed E-state index contributed by atoms with van der Waals surface area (Å²) in [5, 5.41) is 2.86. The van der Waals surface area contributed by atoms with Crippen LogP contribution in [0.1, 0.15) is 25.5 Å².